The van der Waals surface area contributed by atoms with Gasteiger partial charge in [0.25, 0.3) is 0 Å². The molecule has 0 bridgehead atoms. The molecular weight excluding hydrogens is 411 g/mol. The molecular formula is C25H30ClFN4. The van der Waals surface area contributed by atoms with Crippen LogP contribution < -0.4 is 0 Å². The van der Waals surface area contributed by atoms with Crippen LogP contribution >= 0.6 is 11.6 Å². The van der Waals surface area contributed by atoms with Gasteiger partial charge in [0.05, 0.1) is 16.1 Å². The summed E-state index contributed by atoms with van der Waals surface area (Å²) in [6, 6.07) is 7.91. The van der Waals surface area contributed by atoms with Gasteiger partial charge in [0, 0.05) is 11.8 Å². The molecule has 2 heterocycles. The molecule has 4 aromatic rings. The minimum Gasteiger partial charge on any atom is -0.342 e. The first kappa shape index (κ1) is 21.8. The maximum atomic E-state index is 15.3. The first-order valence-electron chi connectivity index (χ1n) is 11.0. The number of hydrogen-bond acceptors (Lipinski definition) is 2. The Morgan fingerprint density at radius 2 is 1.35 bits per heavy atom. The van der Waals surface area contributed by atoms with Gasteiger partial charge in [-0.1, -0.05) is 65.3 Å². The zero-order valence-corrected chi connectivity index (χ0v) is 19.7. The fourth-order valence-corrected chi connectivity index (χ4v) is 4.68. The molecule has 0 radical (unpaired) electrons. The smallest absolute Gasteiger partial charge is 0.154 e. The summed E-state index contributed by atoms with van der Waals surface area (Å²) in [5.74, 6) is 2.18. The molecule has 2 aromatic carbocycles. The summed E-state index contributed by atoms with van der Waals surface area (Å²) in [7, 11) is 0. The molecule has 2 unspecified atom stereocenters. The van der Waals surface area contributed by atoms with Crippen molar-refractivity contribution in [2.45, 2.75) is 71.6 Å². The van der Waals surface area contributed by atoms with Gasteiger partial charge in [-0.25, -0.2) is 14.4 Å². The van der Waals surface area contributed by atoms with Crippen LogP contribution in [0.3, 0.4) is 0 Å². The number of nitrogens with zero attached hydrogens (tertiary/aromatic N) is 2. The van der Waals surface area contributed by atoms with E-state index in [1.807, 2.05) is 32.0 Å². The lowest BCUT2D eigenvalue weighted by atomic mass is 9.90. The molecule has 0 spiro atoms. The lowest BCUT2D eigenvalue weighted by Gasteiger charge is -2.17. The normalized spacial score (nSPS) is 14.3. The summed E-state index contributed by atoms with van der Waals surface area (Å²) < 4.78 is 15.3. The lowest BCUT2D eigenvalue weighted by Crippen LogP contribution is -2.05. The molecule has 31 heavy (non-hydrogen) atoms. The molecule has 0 saturated carbocycles. The third-order valence-corrected chi connectivity index (χ3v) is 6.55. The Labute approximate surface area is 187 Å². The van der Waals surface area contributed by atoms with Gasteiger partial charge in [-0.3, -0.25) is 0 Å². The second kappa shape index (κ2) is 8.27. The average molecular weight is 441 g/mol. The molecule has 4 nitrogen and oxygen atoms in total. The van der Waals surface area contributed by atoms with Crippen molar-refractivity contribution in [1.29, 1.82) is 0 Å². The molecule has 0 amide bonds. The summed E-state index contributed by atoms with van der Waals surface area (Å²) in [4.78, 5) is 15.9. The first-order valence-corrected chi connectivity index (χ1v) is 11.4. The minimum atomic E-state index is -0.227. The predicted molar refractivity (Wildman–Crippen MR) is 127 cm³/mol. The van der Waals surface area contributed by atoms with Gasteiger partial charge < -0.3 is 9.97 Å². The van der Waals surface area contributed by atoms with Gasteiger partial charge in [-0.15, -0.1) is 0 Å². The number of H-pyrrole nitrogens is 2. The molecule has 0 aliphatic heterocycles. The number of rotatable bonds is 6. The molecule has 0 saturated heterocycles. The summed E-state index contributed by atoms with van der Waals surface area (Å²) >= 11 is 6.61. The van der Waals surface area contributed by atoms with Gasteiger partial charge in [-0.05, 0) is 41.5 Å². The predicted octanol–water partition coefficient (Wildman–Crippen LogP) is 7.78. The number of aromatic nitrogens is 4. The molecule has 0 aliphatic rings. The second-order valence-electron chi connectivity index (χ2n) is 9.32. The van der Waals surface area contributed by atoms with Crippen LogP contribution in [0.4, 0.5) is 4.39 Å². The van der Waals surface area contributed by atoms with E-state index in [4.69, 9.17) is 16.6 Å². The van der Waals surface area contributed by atoms with E-state index in [0.717, 1.165) is 40.2 Å². The lowest BCUT2D eigenvalue weighted by molar-refractivity contribution is 0.539. The highest BCUT2D eigenvalue weighted by molar-refractivity contribution is 6.35. The highest BCUT2D eigenvalue weighted by atomic mass is 35.5. The fraction of sp³-hybridized carbons (Fsp3) is 0.440. The van der Waals surface area contributed by atoms with Crippen molar-refractivity contribution < 1.29 is 4.39 Å². The molecule has 0 fully saturated rings. The third kappa shape index (κ3) is 3.96. The maximum absolute atomic E-state index is 15.3. The van der Waals surface area contributed by atoms with E-state index in [2.05, 4.69) is 48.7 Å². The van der Waals surface area contributed by atoms with Crippen molar-refractivity contribution in [3.05, 3.63) is 57.9 Å². The highest BCUT2D eigenvalue weighted by Crippen LogP contribution is 2.35. The van der Waals surface area contributed by atoms with E-state index in [0.29, 0.717) is 22.0 Å². The van der Waals surface area contributed by atoms with Crippen molar-refractivity contribution in [3.63, 3.8) is 0 Å². The first-order chi connectivity index (χ1) is 14.7. The summed E-state index contributed by atoms with van der Waals surface area (Å²) in [5, 5.41) is 0.714. The van der Waals surface area contributed by atoms with Crippen molar-refractivity contribution in [2.24, 2.45) is 0 Å². The van der Waals surface area contributed by atoms with Crippen molar-refractivity contribution in [1.82, 2.24) is 19.9 Å². The SMILES string of the molecule is CC(C)c1nc2c(F)c(C(C)CC(C)c3nc4c(Cl)c(C(C)C)ccc4[nH]3)ccc2[nH]1. The van der Waals surface area contributed by atoms with Gasteiger partial charge >= 0.3 is 0 Å². The van der Waals surface area contributed by atoms with Crippen LogP contribution in [0.25, 0.3) is 22.1 Å². The van der Waals surface area contributed by atoms with Crippen LogP contribution in [-0.2, 0) is 0 Å². The fourth-order valence-electron chi connectivity index (χ4n) is 4.26. The van der Waals surface area contributed by atoms with Crippen molar-refractivity contribution in [2.75, 3.05) is 0 Å². The Hall–Kier alpha value is -2.40. The molecule has 164 valence electrons. The average Bonchev–Trinajstić information content (AvgIpc) is 3.33. The van der Waals surface area contributed by atoms with Crippen LogP contribution in [0.2, 0.25) is 5.02 Å². The molecule has 2 N–H and O–H groups in total. The van der Waals surface area contributed by atoms with Gasteiger partial charge in [0.15, 0.2) is 5.82 Å². The maximum Gasteiger partial charge on any atom is 0.154 e. The van der Waals surface area contributed by atoms with Gasteiger partial charge in [-0.2, -0.15) is 0 Å². The Balaban J connectivity index is 1.60. The van der Waals surface area contributed by atoms with E-state index in [1.165, 1.54) is 0 Å². The summed E-state index contributed by atoms with van der Waals surface area (Å²) in [6.07, 6.45) is 0.762. The topological polar surface area (TPSA) is 57.4 Å². The minimum absolute atomic E-state index is 0.0218. The van der Waals surface area contributed by atoms with E-state index in [1.54, 1.807) is 0 Å². The molecule has 6 heteroatoms. The quantitative estimate of drug-likeness (QED) is 0.321. The molecule has 2 aromatic heterocycles. The number of fused-ring (bicyclic) bond motifs is 2. The summed E-state index contributed by atoms with van der Waals surface area (Å²) in [6.45, 7) is 12.5. The number of halogens is 2. The zero-order chi connectivity index (χ0) is 22.4. The number of nitrogens with one attached hydrogen (secondary N) is 2. The molecule has 4 rings (SSSR count). The number of hydrogen-bond donors (Lipinski definition) is 2. The summed E-state index contributed by atoms with van der Waals surface area (Å²) in [5.41, 5.74) is 4.72. The zero-order valence-electron chi connectivity index (χ0n) is 19.0. The Morgan fingerprint density at radius 1 is 0.774 bits per heavy atom. The van der Waals surface area contributed by atoms with Gasteiger partial charge in [0.2, 0.25) is 0 Å². The largest absolute Gasteiger partial charge is 0.342 e. The number of aromatic amines is 2. The van der Waals surface area contributed by atoms with E-state index >= 15 is 4.39 Å². The Bertz CT molecular complexity index is 1240. The van der Waals surface area contributed by atoms with E-state index in [9.17, 15) is 0 Å². The van der Waals surface area contributed by atoms with Crippen LogP contribution in [0.15, 0.2) is 24.3 Å². The van der Waals surface area contributed by atoms with Crippen LogP contribution in [0.5, 0.6) is 0 Å². The third-order valence-electron chi connectivity index (χ3n) is 6.16. The van der Waals surface area contributed by atoms with Crippen molar-refractivity contribution >= 4 is 33.7 Å². The molecule has 2 atom stereocenters. The van der Waals surface area contributed by atoms with Crippen LogP contribution in [-0.4, -0.2) is 19.9 Å². The van der Waals surface area contributed by atoms with E-state index < -0.39 is 0 Å². The van der Waals surface area contributed by atoms with Crippen molar-refractivity contribution in [3.8, 4) is 0 Å². The highest BCUT2D eigenvalue weighted by Gasteiger charge is 2.22. The molecule has 0 aliphatic carbocycles. The number of benzene rings is 2. The van der Waals surface area contributed by atoms with Gasteiger partial charge in [0.1, 0.15) is 22.7 Å². The Kier molecular flexibility index (Phi) is 5.82. The second-order valence-corrected chi connectivity index (χ2v) is 9.70. The monoisotopic (exact) mass is 440 g/mol. The van der Waals surface area contributed by atoms with E-state index in [-0.39, 0.29) is 23.6 Å². The van der Waals surface area contributed by atoms with Crippen LogP contribution in [0, 0.1) is 5.82 Å². The van der Waals surface area contributed by atoms with Crippen LogP contribution in [0.1, 0.15) is 94.4 Å². The Morgan fingerprint density at radius 3 is 2.00 bits per heavy atom. The number of imidazole rings is 2. The standard InChI is InChI=1S/C25H30ClFN4/c1-12(2)16-7-9-18-22(20(16)26)30-25(29-18)15(6)11-14(5)17-8-10-19-23(21(17)27)31-24(28-19)13(3)4/h7-10,12-15H,11H2,1-6H3,(H,28,31)(H,29,30).